The lowest BCUT2D eigenvalue weighted by atomic mass is 9.71. The van der Waals surface area contributed by atoms with Crippen molar-refractivity contribution >= 4 is 14.3 Å². The van der Waals surface area contributed by atoms with Gasteiger partial charge in [0.2, 0.25) is 0 Å². The van der Waals surface area contributed by atoms with Crippen LogP contribution in [0.3, 0.4) is 0 Å². The number of hydrogen-bond acceptors (Lipinski definition) is 5. The molecule has 1 heterocycles. The summed E-state index contributed by atoms with van der Waals surface area (Å²) in [5.74, 6) is 0.187. The molecule has 2 N–H and O–H groups in total. The maximum atomic E-state index is 11.5. The van der Waals surface area contributed by atoms with Crippen molar-refractivity contribution in [2.75, 3.05) is 6.61 Å². The minimum Gasteiger partial charge on any atom is -0.481 e. The Morgan fingerprint density at radius 1 is 1.02 bits per heavy atom. The first-order valence-electron chi connectivity index (χ1n) is 16.7. The molecule has 7 heteroatoms. The summed E-state index contributed by atoms with van der Waals surface area (Å²) in [5.41, 5.74) is -0.208. The maximum absolute atomic E-state index is 11.5. The van der Waals surface area contributed by atoms with Crippen molar-refractivity contribution in [2.45, 2.75) is 180 Å². The minimum absolute atomic E-state index is 0.00925. The third-order valence-corrected chi connectivity index (χ3v) is 15.5. The van der Waals surface area contributed by atoms with Crippen LogP contribution in [0.5, 0.6) is 0 Å². The van der Waals surface area contributed by atoms with E-state index in [4.69, 9.17) is 19.0 Å². The predicted octanol–water partition coefficient (Wildman–Crippen LogP) is 8.46. The second kappa shape index (κ2) is 15.3. The Balaban J connectivity index is 1.73. The summed E-state index contributed by atoms with van der Waals surface area (Å²) in [4.78, 5) is 10.9. The van der Waals surface area contributed by atoms with Crippen LogP contribution < -0.4 is 0 Å². The van der Waals surface area contributed by atoms with Gasteiger partial charge in [-0.25, -0.2) is 0 Å². The lowest BCUT2D eigenvalue weighted by molar-refractivity contribution is -0.198. The first kappa shape index (κ1) is 34.0. The number of carboxylic acid groups (broad SMARTS) is 1. The van der Waals surface area contributed by atoms with Crippen molar-refractivity contribution in [1.29, 1.82) is 0 Å². The summed E-state index contributed by atoms with van der Waals surface area (Å²) in [5, 5.41) is 20.6. The fraction of sp³-hybridized carbons (Fsp3) is 0.970. The molecule has 0 radical (unpaired) electrons. The zero-order valence-electron chi connectivity index (χ0n) is 26.7. The highest BCUT2D eigenvalue weighted by Gasteiger charge is 2.52. The van der Waals surface area contributed by atoms with Gasteiger partial charge >= 0.3 is 5.97 Å². The first-order chi connectivity index (χ1) is 18.8. The van der Waals surface area contributed by atoms with Gasteiger partial charge in [0.25, 0.3) is 0 Å². The average Bonchev–Trinajstić information content (AvgIpc) is 3.12. The van der Waals surface area contributed by atoms with Crippen LogP contribution >= 0.6 is 0 Å². The van der Waals surface area contributed by atoms with Gasteiger partial charge in [-0.3, -0.25) is 4.79 Å². The Morgan fingerprint density at radius 3 is 2.33 bits per heavy atom. The first-order valence-corrected chi connectivity index (χ1v) is 19.6. The second-order valence-corrected chi connectivity index (χ2v) is 19.8. The Labute approximate surface area is 246 Å². The fourth-order valence-electron chi connectivity index (χ4n) is 7.29. The summed E-state index contributed by atoms with van der Waals surface area (Å²) >= 11 is 0. The number of aliphatic carboxylic acids is 1. The molecule has 40 heavy (non-hydrogen) atoms. The van der Waals surface area contributed by atoms with Gasteiger partial charge < -0.3 is 24.1 Å². The summed E-state index contributed by atoms with van der Waals surface area (Å²) in [7, 11) is -1.91. The third-order valence-electron chi connectivity index (χ3n) is 11.0. The van der Waals surface area contributed by atoms with E-state index in [0.717, 1.165) is 70.8 Å². The van der Waals surface area contributed by atoms with E-state index in [1.807, 2.05) is 0 Å². The van der Waals surface area contributed by atoms with Gasteiger partial charge in [0.15, 0.2) is 14.6 Å². The topological polar surface area (TPSA) is 85.2 Å². The summed E-state index contributed by atoms with van der Waals surface area (Å²) in [6.45, 7) is 14.9. The molecule has 6 nitrogen and oxygen atoms in total. The van der Waals surface area contributed by atoms with Crippen molar-refractivity contribution in [3.63, 3.8) is 0 Å². The molecule has 1 saturated heterocycles. The molecule has 234 valence electrons. The number of carbonyl (C=O) groups is 1. The van der Waals surface area contributed by atoms with Crippen molar-refractivity contribution in [3.05, 3.63) is 0 Å². The van der Waals surface area contributed by atoms with Crippen molar-refractivity contribution in [2.24, 2.45) is 17.3 Å². The van der Waals surface area contributed by atoms with Gasteiger partial charge in [-0.2, -0.15) is 0 Å². The molecular formula is C33H62O6Si. The highest BCUT2D eigenvalue weighted by atomic mass is 28.4. The molecule has 0 aromatic heterocycles. The summed E-state index contributed by atoms with van der Waals surface area (Å²) < 4.78 is 19.8. The molecule has 3 aliphatic rings. The Bertz CT molecular complexity index is 755. The van der Waals surface area contributed by atoms with E-state index in [2.05, 4.69) is 40.8 Å². The maximum Gasteiger partial charge on any atom is 0.303 e. The molecule has 3 unspecified atom stereocenters. The summed E-state index contributed by atoms with van der Waals surface area (Å²) in [6, 6.07) is 0. The Kier molecular flexibility index (Phi) is 13.0. The number of unbranched alkanes of at least 4 members (excludes halogenated alkanes) is 3. The van der Waals surface area contributed by atoms with Crippen LogP contribution in [0, 0.1) is 17.3 Å². The molecule has 2 saturated carbocycles. The van der Waals surface area contributed by atoms with Gasteiger partial charge in [-0.05, 0) is 93.2 Å². The smallest absolute Gasteiger partial charge is 0.303 e. The van der Waals surface area contributed by atoms with Crippen LogP contribution in [0.2, 0.25) is 18.1 Å². The molecule has 0 aromatic rings. The van der Waals surface area contributed by atoms with E-state index >= 15 is 0 Å². The van der Waals surface area contributed by atoms with E-state index in [-0.39, 0.29) is 47.4 Å². The van der Waals surface area contributed by atoms with Crippen LogP contribution in [-0.4, -0.2) is 55.7 Å². The van der Waals surface area contributed by atoms with Crippen LogP contribution in [0.15, 0.2) is 0 Å². The number of hydrogen-bond donors (Lipinski definition) is 2. The molecule has 3 rings (SSSR count). The average molecular weight is 583 g/mol. The van der Waals surface area contributed by atoms with Gasteiger partial charge in [0, 0.05) is 25.6 Å². The quantitative estimate of drug-likeness (QED) is 0.149. The van der Waals surface area contributed by atoms with Gasteiger partial charge in [0.1, 0.15) is 0 Å². The minimum atomic E-state index is -1.91. The normalized spacial score (nSPS) is 31.4. The van der Waals surface area contributed by atoms with Crippen LogP contribution in [0.25, 0.3) is 0 Å². The molecule has 3 fully saturated rings. The molecular weight excluding hydrogens is 520 g/mol. The molecule has 0 bridgehead atoms. The molecule has 0 spiro atoms. The molecule has 2 aliphatic carbocycles. The SMILES string of the molecule is CC(C)(C)[Si](C)(C)OC(CC[C@H]1C(OC2CCCCO2)C[C@H](O)[C@]1(C)CCCCCCC(=O)O)C1CCCCC1. The van der Waals surface area contributed by atoms with E-state index in [1.165, 1.54) is 32.1 Å². The number of aliphatic hydroxyl groups is 1. The highest BCUT2D eigenvalue weighted by molar-refractivity contribution is 6.74. The predicted molar refractivity (Wildman–Crippen MR) is 164 cm³/mol. The Hall–Kier alpha value is -0.473. The fourth-order valence-corrected chi connectivity index (χ4v) is 8.71. The zero-order chi connectivity index (χ0) is 29.4. The monoisotopic (exact) mass is 582 g/mol. The van der Waals surface area contributed by atoms with E-state index in [1.54, 1.807) is 0 Å². The molecule has 0 aromatic carbocycles. The van der Waals surface area contributed by atoms with Gasteiger partial charge in [0.05, 0.1) is 12.2 Å². The lowest BCUT2D eigenvalue weighted by Crippen LogP contribution is -2.46. The zero-order valence-corrected chi connectivity index (χ0v) is 27.7. The highest BCUT2D eigenvalue weighted by Crippen LogP contribution is 2.52. The molecule has 0 amide bonds. The van der Waals surface area contributed by atoms with Crippen molar-refractivity contribution < 1.29 is 28.9 Å². The van der Waals surface area contributed by atoms with Crippen LogP contribution in [0.4, 0.5) is 0 Å². The van der Waals surface area contributed by atoms with Gasteiger partial charge in [-0.15, -0.1) is 0 Å². The Morgan fingerprint density at radius 2 is 1.70 bits per heavy atom. The third kappa shape index (κ3) is 9.52. The molecule has 6 atom stereocenters. The van der Waals surface area contributed by atoms with E-state index in [0.29, 0.717) is 12.3 Å². The van der Waals surface area contributed by atoms with E-state index in [9.17, 15) is 9.90 Å². The van der Waals surface area contributed by atoms with Crippen LogP contribution in [-0.2, 0) is 18.7 Å². The van der Waals surface area contributed by atoms with Crippen molar-refractivity contribution in [3.8, 4) is 0 Å². The summed E-state index contributed by atoms with van der Waals surface area (Å²) in [6.07, 6.45) is 17.1. The van der Waals surface area contributed by atoms with Gasteiger partial charge in [-0.1, -0.05) is 66.2 Å². The largest absolute Gasteiger partial charge is 0.481 e. The van der Waals surface area contributed by atoms with E-state index < -0.39 is 14.3 Å². The second-order valence-electron chi connectivity index (χ2n) is 15.0. The van der Waals surface area contributed by atoms with Crippen LogP contribution in [0.1, 0.15) is 137 Å². The number of ether oxygens (including phenoxy) is 2. The number of carboxylic acids is 1. The standard InChI is InChI=1S/C33H62O6Si/c1-32(2,3)40(5,6)39-27(25-16-10-9-11-17-25)21-20-26-28(38-31-19-13-15-23-37-31)24-29(34)33(26,4)22-14-8-7-12-18-30(35)36/h25-29,31,34H,7-24H2,1-6H3,(H,35,36)/t26-,27?,28?,29-,31?,33+/m0/s1. The number of rotatable bonds is 15. The van der Waals surface area contributed by atoms with Crippen molar-refractivity contribution in [1.82, 2.24) is 0 Å². The number of aliphatic hydroxyl groups excluding tert-OH is 1. The lowest BCUT2D eigenvalue weighted by Gasteiger charge is -2.43. The molecule has 1 aliphatic heterocycles.